The van der Waals surface area contributed by atoms with Crippen molar-refractivity contribution in [3.8, 4) is 0 Å². The van der Waals surface area contributed by atoms with Crippen LogP contribution < -0.4 is 5.32 Å². The lowest BCUT2D eigenvalue weighted by atomic mass is 9.94. The average molecular weight is 400 g/mol. The molecule has 2 fully saturated rings. The Morgan fingerprint density at radius 2 is 1.66 bits per heavy atom. The molecule has 0 spiro atoms. The molecule has 1 aliphatic heterocycles. The Morgan fingerprint density at radius 1 is 1.03 bits per heavy atom. The van der Waals surface area contributed by atoms with Gasteiger partial charge in [0.25, 0.3) is 5.91 Å². The predicted molar refractivity (Wildman–Crippen MR) is 117 cm³/mol. The van der Waals surface area contributed by atoms with Crippen molar-refractivity contribution in [1.29, 1.82) is 0 Å². The molecule has 0 unspecified atom stereocenters. The van der Waals surface area contributed by atoms with Crippen LogP contribution in [0.4, 0.5) is 0 Å². The van der Waals surface area contributed by atoms with Gasteiger partial charge in [-0.1, -0.05) is 44.4 Å². The van der Waals surface area contributed by atoms with Crippen LogP contribution in [0.25, 0.3) is 0 Å². The van der Waals surface area contributed by atoms with Gasteiger partial charge in [0.1, 0.15) is 0 Å². The summed E-state index contributed by atoms with van der Waals surface area (Å²) < 4.78 is 0. The molecule has 1 aromatic carbocycles. The number of hydrogen-bond donors (Lipinski definition) is 1. The average Bonchev–Trinajstić information content (AvgIpc) is 3.23. The number of rotatable bonds is 7. The highest BCUT2D eigenvalue weighted by molar-refractivity contribution is 5.94. The Kier molecular flexibility index (Phi) is 7.70. The SMILES string of the molecule is Cc1ccc(C(=O)N2CCN([C@@H](C(=O)NCCC(C)C)C3CCCC3)CC2)cc1. The number of piperazine rings is 1. The van der Waals surface area contributed by atoms with Gasteiger partial charge in [-0.15, -0.1) is 0 Å². The smallest absolute Gasteiger partial charge is 0.253 e. The van der Waals surface area contributed by atoms with Crippen molar-refractivity contribution in [2.45, 2.75) is 58.9 Å². The Morgan fingerprint density at radius 3 is 2.24 bits per heavy atom. The molecule has 1 saturated heterocycles. The van der Waals surface area contributed by atoms with E-state index in [1.54, 1.807) is 0 Å². The quantitative estimate of drug-likeness (QED) is 0.764. The monoisotopic (exact) mass is 399 g/mol. The fraction of sp³-hybridized carbons (Fsp3) is 0.667. The van der Waals surface area contributed by atoms with Crippen molar-refractivity contribution in [2.24, 2.45) is 11.8 Å². The van der Waals surface area contributed by atoms with Gasteiger partial charge in [-0.25, -0.2) is 0 Å². The first-order valence-electron chi connectivity index (χ1n) is 11.3. The maximum absolute atomic E-state index is 13.0. The van der Waals surface area contributed by atoms with Gasteiger partial charge in [0.2, 0.25) is 5.91 Å². The molecule has 160 valence electrons. The first-order chi connectivity index (χ1) is 14.0. The molecular formula is C24H37N3O2. The van der Waals surface area contributed by atoms with E-state index in [1.807, 2.05) is 36.1 Å². The lowest BCUT2D eigenvalue weighted by Gasteiger charge is -2.40. The molecule has 1 N–H and O–H groups in total. The van der Waals surface area contributed by atoms with E-state index in [-0.39, 0.29) is 17.9 Å². The molecule has 29 heavy (non-hydrogen) atoms. The van der Waals surface area contributed by atoms with E-state index in [9.17, 15) is 9.59 Å². The van der Waals surface area contributed by atoms with Crippen molar-refractivity contribution in [3.05, 3.63) is 35.4 Å². The summed E-state index contributed by atoms with van der Waals surface area (Å²) in [5.41, 5.74) is 1.91. The lowest BCUT2D eigenvalue weighted by Crippen LogP contribution is -2.58. The minimum Gasteiger partial charge on any atom is -0.355 e. The summed E-state index contributed by atoms with van der Waals surface area (Å²) >= 11 is 0. The van der Waals surface area contributed by atoms with E-state index < -0.39 is 0 Å². The van der Waals surface area contributed by atoms with Crippen molar-refractivity contribution in [3.63, 3.8) is 0 Å². The van der Waals surface area contributed by atoms with Gasteiger partial charge in [-0.05, 0) is 50.2 Å². The van der Waals surface area contributed by atoms with Crippen molar-refractivity contribution in [2.75, 3.05) is 32.7 Å². The topological polar surface area (TPSA) is 52.7 Å². The van der Waals surface area contributed by atoms with Crippen LogP contribution in [-0.4, -0.2) is 60.4 Å². The summed E-state index contributed by atoms with van der Waals surface area (Å²) in [7, 11) is 0. The first kappa shape index (κ1) is 21.8. The zero-order valence-corrected chi connectivity index (χ0v) is 18.3. The Labute approximate surface area is 175 Å². The zero-order chi connectivity index (χ0) is 20.8. The zero-order valence-electron chi connectivity index (χ0n) is 18.3. The second-order valence-corrected chi connectivity index (χ2v) is 9.16. The van der Waals surface area contributed by atoms with Crippen LogP contribution in [-0.2, 0) is 4.79 Å². The molecule has 1 saturated carbocycles. The highest BCUT2D eigenvalue weighted by Gasteiger charge is 2.37. The minimum atomic E-state index is -0.0405. The molecule has 5 heteroatoms. The summed E-state index contributed by atoms with van der Waals surface area (Å²) in [6.45, 7) is 10.1. The van der Waals surface area contributed by atoms with Crippen LogP contribution in [0.1, 0.15) is 61.9 Å². The third-order valence-corrected chi connectivity index (χ3v) is 6.43. The Balaban J connectivity index is 1.59. The number of carbonyl (C=O) groups excluding carboxylic acids is 2. The second kappa shape index (κ2) is 10.2. The van der Waals surface area contributed by atoms with Gasteiger partial charge >= 0.3 is 0 Å². The first-order valence-corrected chi connectivity index (χ1v) is 11.3. The standard InChI is InChI=1S/C24H37N3O2/c1-18(2)12-13-25-23(28)22(20-6-4-5-7-20)26-14-16-27(17-15-26)24(29)21-10-8-19(3)9-11-21/h8-11,18,20,22H,4-7,12-17H2,1-3H3,(H,25,28)/t22-/m1/s1. The van der Waals surface area contributed by atoms with Crippen molar-refractivity contribution >= 4 is 11.8 Å². The summed E-state index contributed by atoms with van der Waals surface area (Å²) in [5.74, 6) is 1.34. The molecule has 2 aliphatic rings. The molecule has 5 nitrogen and oxygen atoms in total. The highest BCUT2D eigenvalue weighted by atomic mass is 16.2. The Bertz CT molecular complexity index is 672. The van der Waals surface area contributed by atoms with Crippen LogP contribution in [0.5, 0.6) is 0 Å². The molecular weight excluding hydrogens is 362 g/mol. The maximum Gasteiger partial charge on any atom is 0.253 e. The van der Waals surface area contributed by atoms with Crippen LogP contribution >= 0.6 is 0 Å². The maximum atomic E-state index is 13.0. The highest BCUT2D eigenvalue weighted by Crippen LogP contribution is 2.31. The van der Waals surface area contributed by atoms with Crippen LogP contribution in [0.3, 0.4) is 0 Å². The number of hydrogen-bond acceptors (Lipinski definition) is 3. The molecule has 0 bridgehead atoms. The molecule has 3 rings (SSSR count). The third kappa shape index (κ3) is 5.81. The van der Waals surface area contributed by atoms with Crippen molar-refractivity contribution < 1.29 is 9.59 Å². The van der Waals surface area contributed by atoms with E-state index in [0.717, 1.165) is 50.0 Å². The van der Waals surface area contributed by atoms with Crippen LogP contribution in [0.2, 0.25) is 0 Å². The number of nitrogens with one attached hydrogen (secondary N) is 1. The fourth-order valence-electron chi connectivity index (χ4n) is 4.62. The van der Waals surface area contributed by atoms with E-state index in [0.29, 0.717) is 24.9 Å². The minimum absolute atomic E-state index is 0.0405. The van der Waals surface area contributed by atoms with E-state index in [2.05, 4.69) is 24.1 Å². The summed E-state index contributed by atoms with van der Waals surface area (Å²) in [6.07, 6.45) is 5.76. The number of carbonyl (C=O) groups is 2. The molecule has 1 heterocycles. The second-order valence-electron chi connectivity index (χ2n) is 9.16. The molecule has 2 amide bonds. The summed E-state index contributed by atoms with van der Waals surface area (Å²) in [4.78, 5) is 30.1. The number of nitrogens with zero attached hydrogens (tertiary/aromatic N) is 2. The largest absolute Gasteiger partial charge is 0.355 e. The Hall–Kier alpha value is -1.88. The molecule has 1 aliphatic carbocycles. The normalized spacial score (nSPS) is 19.5. The van der Waals surface area contributed by atoms with Gasteiger partial charge in [0, 0.05) is 38.3 Å². The van der Waals surface area contributed by atoms with Crippen LogP contribution in [0, 0.1) is 18.8 Å². The summed E-state index contributed by atoms with van der Waals surface area (Å²) in [5, 5.41) is 3.19. The van der Waals surface area contributed by atoms with Gasteiger partial charge < -0.3 is 10.2 Å². The number of amides is 2. The number of benzene rings is 1. The predicted octanol–water partition coefficient (Wildman–Crippen LogP) is 3.47. The molecule has 0 radical (unpaired) electrons. The third-order valence-electron chi connectivity index (χ3n) is 6.43. The van der Waals surface area contributed by atoms with Gasteiger partial charge in [0.15, 0.2) is 0 Å². The number of aryl methyl sites for hydroxylation is 1. The van der Waals surface area contributed by atoms with E-state index in [4.69, 9.17) is 0 Å². The molecule has 1 aromatic rings. The van der Waals surface area contributed by atoms with E-state index in [1.165, 1.54) is 12.8 Å². The summed E-state index contributed by atoms with van der Waals surface area (Å²) in [6, 6.07) is 7.75. The van der Waals surface area contributed by atoms with Crippen LogP contribution in [0.15, 0.2) is 24.3 Å². The molecule has 1 atom stereocenters. The molecule has 0 aromatic heterocycles. The lowest BCUT2D eigenvalue weighted by molar-refractivity contribution is -0.129. The van der Waals surface area contributed by atoms with E-state index >= 15 is 0 Å². The fourth-order valence-corrected chi connectivity index (χ4v) is 4.62. The van der Waals surface area contributed by atoms with Crippen molar-refractivity contribution in [1.82, 2.24) is 15.1 Å². The van der Waals surface area contributed by atoms with Gasteiger partial charge in [-0.2, -0.15) is 0 Å². The van der Waals surface area contributed by atoms with Gasteiger partial charge in [-0.3, -0.25) is 14.5 Å². The van der Waals surface area contributed by atoms with Gasteiger partial charge in [0.05, 0.1) is 6.04 Å².